The molecule has 0 spiro atoms. The molecule has 0 aliphatic heterocycles. The van der Waals surface area contributed by atoms with Crippen LogP contribution in [0, 0.1) is 0 Å². The molecule has 0 aliphatic rings. The summed E-state index contributed by atoms with van der Waals surface area (Å²) in [6, 6.07) is 0. The van der Waals surface area contributed by atoms with Crippen LogP contribution in [0.3, 0.4) is 0 Å². The summed E-state index contributed by atoms with van der Waals surface area (Å²) in [6.45, 7) is 1.19. The number of hydrogen-bond acceptors (Lipinski definition) is 6. The summed E-state index contributed by atoms with van der Waals surface area (Å²) in [7, 11) is -5.17. The molecule has 0 saturated carbocycles. The normalized spacial score (nSPS) is 8.80. The Morgan fingerprint density at radius 2 is 1.20 bits per heavy atom. The maximum atomic E-state index is 8.52. The first kappa shape index (κ1) is 16.8. The predicted octanol–water partition coefficient (Wildman–Crippen LogP) is -2.44. The van der Waals surface area contributed by atoms with Crippen LogP contribution in [0.5, 0.6) is 0 Å². The molecule has 0 aromatic carbocycles. The van der Waals surface area contributed by atoms with Crippen molar-refractivity contribution in [2.24, 2.45) is 11.5 Å². The van der Waals surface area contributed by atoms with Crippen LogP contribution in [0.15, 0.2) is 0 Å². The van der Waals surface area contributed by atoms with Crippen LogP contribution >= 0.6 is 0 Å². The van der Waals surface area contributed by atoms with Crippen molar-refractivity contribution in [1.29, 1.82) is 0 Å². The molecule has 0 heterocycles. The third-order valence-electron chi connectivity index (χ3n) is 0.167. The van der Waals surface area contributed by atoms with Gasteiger partial charge in [0.1, 0.15) is 0 Å². The van der Waals surface area contributed by atoms with Gasteiger partial charge in [0.25, 0.3) is 0 Å². The summed E-state index contributed by atoms with van der Waals surface area (Å²) in [6.07, 6.45) is 0. The average molecular weight is 263 g/mol. The van der Waals surface area contributed by atoms with Gasteiger partial charge >= 0.3 is 20.4 Å². The van der Waals surface area contributed by atoms with Crippen LogP contribution in [0.4, 0.5) is 0 Å². The van der Waals surface area contributed by atoms with E-state index >= 15 is 0 Å². The predicted molar refractivity (Wildman–Crippen MR) is 28.6 cm³/mol. The quantitative estimate of drug-likeness (QED) is 0.306. The Labute approximate surface area is 73.2 Å². The largest absolute Gasteiger partial charge is 2.00 e. The Morgan fingerprint density at radius 1 is 1.10 bits per heavy atom. The fourth-order valence-electron chi connectivity index (χ4n) is 0. The van der Waals surface area contributed by atoms with Gasteiger partial charge in [-0.15, -0.1) is 0 Å². The fraction of sp³-hybridized carbons (Fsp3) is 1.00. The minimum absolute atomic E-state index is 0. The van der Waals surface area contributed by atoms with Crippen LogP contribution in [-0.2, 0) is 30.8 Å². The number of rotatable bonds is 1. The van der Waals surface area contributed by atoms with E-state index < -0.39 is 10.4 Å². The van der Waals surface area contributed by atoms with E-state index in [2.05, 4.69) is 0 Å². The third-order valence-corrected chi connectivity index (χ3v) is 0.167. The molecule has 0 fully saturated rings. The van der Waals surface area contributed by atoms with E-state index in [-0.39, 0.29) is 20.4 Å². The van der Waals surface area contributed by atoms with Gasteiger partial charge in [0.15, 0.2) is 0 Å². The first-order chi connectivity index (χ1) is 3.91. The monoisotopic (exact) mass is 262 g/mol. The Kier molecular flexibility index (Phi) is 15.9. The molecule has 0 aromatic rings. The molecule has 8 heteroatoms. The maximum absolute atomic E-state index is 8.52. The van der Waals surface area contributed by atoms with Gasteiger partial charge in [-0.3, -0.25) is 8.42 Å². The molecule has 0 atom stereocenters. The summed E-state index contributed by atoms with van der Waals surface area (Å²) >= 11 is 0. The zero-order valence-corrected chi connectivity index (χ0v) is 7.30. The van der Waals surface area contributed by atoms with Gasteiger partial charge in [0.2, 0.25) is 0 Å². The Balaban J connectivity index is -0.0000000910. The molecule has 0 saturated heterocycles. The van der Waals surface area contributed by atoms with Gasteiger partial charge in [-0.05, 0) is 0 Å². The standard InChI is InChI=1S/C2H8N2.H2O4S.Pd/c3-1-2-4;1-5(2,3)4;/h1-4H2;(H2,1,2,3,4);/q;;+2/p-2. The van der Waals surface area contributed by atoms with E-state index in [0.29, 0.717) is 13.1 Å². The Morgan fingerprint density at radius 3 is 1.20 bits per heavy atom. The molecule has 0 aliphatic carbocycles. The second kappa shape index (κ2) is 9.45. The summed E-state index contributed by atoms with van der Waals surface area (Å²) < 4.78 is 34.1. The Bertz CT molecular complexity index is 124. The zero-order chi connectivity index (χ0) is 7.91. The molecule has 0 aromatic heterocycles. The maximum Gasteiger partial charge on any atom is 2.00 e. The molecule has 4 N–H and O–H groups in total. The average Bonchev–Trinajstić information content (AvgIpc) is 1.61. The molecule has 0 rings (SSSR count). The van der Waals surface area contributed by atoms with Crippen molar-refractivity contribution in [2.75, 3.05) is 13.1 Å². The van der Waals surface area contributed by atoms with E-state index in [1.165, 1.54) is 0 Å². The molecule has 66 valence electrons. The molecule has 0 radical (unpaired) electrons. The molecule has 0 bridgehead atoms. The summed E-state index contributed by atoms with van der Waals surface area (Å²) in [4.78, 5) is 0. The van der Waals surface area contributed by atoms with Crippen LogP contribution in [0.25, 0.3) is 0 Å². The molecule has 0 unspecified atom stereocenters. The second-order valence-corrected chi connectivity index (χ2v) is 1.80. The van der Waals surface area contributed by atoms with Gasteiger partial charge in [0, 0.05) is 23.5 Å². The minimum Gasteiger partial charge on any atom is -0.759 e. The second-order valence-electron chi connectivity index (χ2n) is 0.986. The number of nitrogens with two attached hydrogens (primary N) is 2. The van der Waals surface area contributed by atoms with E-state index in [1.807, 2.05) is 0 Å². The third kappa shape index (κ3) is 223. The van der Waals surface area contributed by atoms with Crippen LogP contribution in [0.1, 0.15) is 0 Å². The molecular formula is C2H8N2O4PdS. The van der Waals surface area contributed by atoms with Crippen molar-refractivity contribution >= 4 is 10.4 Å². The zero-order valence-electron chi connectivity index (χ0n) is 4.93. The van der Waals surface area contributed by atoms with Crippen LogP contribution in [-0.4, -0.2) is 30.6 Å². The van der Waals surface area contributed by atoms with Crippen LogP contribution < -0.4 is 11.5 Å². The van der Waals surface area contributed by atoms with Gasteiger partial charge in [0.05, 0.1) is 0 Å². The SMILES string of the molecule is NCCN.O=S(=O)([O-])[O-].[Pd+2]. The fourth-order valence-corrected chi connectivity index (χ4v) is 0. The first-order valence-electron chi connectivity index (χ1n) is 1.98. The van der Waals surface area contributed by atoms with E-state index in [4.69, 9.17) is 29.0 Å². The summed E-state index contributed by atoms with van der Waals surface area (Å²) in [5, 5.41) is 0. The summed E-state index contributed by atoms with van der Waals surface area (Å²) in [5.41, 5.74) is 9.81. The smallest absolute Gasteiger partial charge is 0.759 e. The van der Waals surface area contributed by atoms with Crippen molar-refractivity contribution < 1.29 is 37.9 Å². The summed E-state index contributed by atoms with van der Waals surface area (Å²) in [5.74, 6) is 0. The van der Waals surface area contributed by atoms with Gasteiger partial charge in [-0.1, -0.05) is 0 Å². The van der Waals surface area contributed by atoms with Gasteiger partial charge in [-0.25, -0.2) is 0 Å². The van der Waals surface area contributed by atoms with Crippen molar-refractivity contribution in [3.05, 3.63) is 0 Å². The molecule has 0 amide bonds. The van der Waals surface area contributed by atoms with Crippen molar-refractivity contribution in [3.8, 4) is 0 Å². The first-order valence-corrected chi connectivity index (χ1v) is 3.32. The topological polar surface area (TPSA) is 132 Å². The van der Waals surface area contributed by atoms with Crippen LogP contribution in [0.2, 0.25) is 0 Å². The Hall–Kier alpha value is 0.452. The van der Waals surface area contributed by atoms with Crippen molar-refractivity contribution in [2.45, 2.75) is 0 Å². The van der Waals surface area contributed by atoms with E-state index in [1.54, 1.807) is 0 Å². The minimum atomic E-state index is -5.17. The van der Waals surface area contributed by atoms with Crippen molar-refractivity contribution in [3.63, 3.8) is 0 Å². The molecule has 6 nitrogen and oxygen atoms in total. The van der Waals surface area contributed by atoms with E-state index in [0.717, 1.165) is 0 Å². The van der Waals surface area contributed by atoms with E-state index in [9.17, 15) is 0 Å². The molecule has 10 heavy (non-hydrogen) atoms. The van der Waals surface area contributed by atoms with Crippen molar-refractivity contribution in [1.82, 2.24) is 0 Å². The number of hydrogen-bond donors (Lipinski definition) is 2. The molecular weight excluding hydrogens is 255 g/mol. The van der Waals surface area contributed by atoms with Gasteiger partial charge < -0.3 is 20.6 Å². The van der Waals surface area contributed by atoms with Gasteiger partial charge in [-0.2, -0.15) is 0 Å².